The van der Waals surface area contributed by atoms with Gasteiger partial charge in [0.05, 0.1) is 10.2 Å². The molecular formula is C31H34N4O2S. The number of amides is 2. The van der Waals surface area contributed by atoms with Gasteiger partial charge in [0.1, 0.15) is 0 Å². The molecule has 2 saturated carbocycles. The number of nitrogens with zero attached hydrogens (tertiary/aromatic N) is 1. The summed E-state index contributed by atoms with van der Waals surface area (Å²) in [6.07, 6.45) is 7.98. The Balaban J connectivity index is 0.991. The van der Waals surface area contributed by atoms with Crippen LogP contribution >= 0.6 is 11.3 Å². The number of carbonyl (C=O) groups excluding carboxylic acids is 2. The van der Waals surface area contributed by atoms with E-state index in [4.69, 9.17) is 0 Å². The van der Waals surface area contributed by atoms with E-state index in [1.54, 1.807) is 0 Å². The van der Waals surface area contributed by atoms with Gasteiger partial charge in [0.15, 0.2) is 5.13 Å². The lowest BCUT2D eigenvalue weighted by Crippen LogP contribution is -2.36. The van der Waals surface area contributed by atoms with Gasteiger partial charge in [-0.1, -0.05) is 60.6 Å². The predicted molar refractivity (Wildman–Crippen MR) is 155 cm³/mol. The van der Waals surface area contributed by atoms with E-state index in [1.807, 2.05) is 18.2 Å². The minimum Gasteiger partial charge on any atom is -0.326 e. The van der Waals surface area contributed by atoms with Crippen LogP contribution in [-0.2, 0) is 16.1 Å². The minimum atomic E-state index is 0.0344. The van der Waals surface area contributed by atoms with Crippen LogP contribution in [0.15, 0.2) is 60.7 Å². The van der Waals surface area contributed by atoms with E-state index in [1.165, 1.54) is 27.7 Å². The van der Waals surface area contributed by atoms with Crippen molar-refractivity contribution in [2.24, 2.45) is 11.8 Å². The average Bonchev–Trinajstić information content (AvgIpc) is 3.62. The van der Waals surface area contributed by atoms with Crippen LogP contribution in [0.1, 0.15) is 56.9 Å². The number of anilines is 2. The fourth-order valence-electron chi connectivity index (χ4n) is 5.87. The summed E-state index contributed by atoms with van der Waals surface area (Å²) in [6, 6.07) is 21.3. The highest BCUT2D eigenvalue weighted by Gasteiger charge is 2.26. The molecule has 3 N–H and O–H groups in total. The smallest absolute Gasteiger partial charge is 0.229 e. The van der Waals surface area contributed by atoms with Gasteiger partial charge in [0, 0.05) is 30.1 Å². The minimum absolute atomic E-state index is 0.0344. The van der Waals surface area contributed by atoms with Crippen molar-refractivity contribution < 1.29 is 9.59 Å². The summed E-state index contributed by atoms with van der Waals surface area (Å²) < 4.78 is 0.964. The fourth-order valence-corrected chi connectivity index (χ4v) is 6.77. The highest BCUT2D eigenvalue weighted by Crippen LogP contribution is 2.32. The van der Waals surface area contributed by atoms with E-state index in [-0.39, 0.29) is 23.7 Å². The molecule has 0 atom stereocenters. The average molecular weight is 527 g/mol. The maximum absolute atomic E-state index is 13.0. The van der Waals surface area contributed by atoms with E-state index < -0.39 is 0 Å². The number of nitrogens with one attached hydrogen (secondary N) is 3. The molecule has 0 unspecified atom stereocenters. The summed E-state index contributed by atoms with van der Waals surface area (Å²) in [5.74, 6) is 0.321. The summed E-state index contributed by atoms with van der Waals surface area (Å²) in [4.78, 5) is 30.0. The first-order valence-electron chi connectivity index (χ1n) is 13.8. The third-order valence-corrected chi connectivity index (χ3v) is 9.05. The van der Waals surface area contributed by atoms with Gasteiger partial charge in [0.25, 0.3) is 0 Å². The molecule has 0 aliphatic heterocycles. The number of thiazole rings is 1. The standard InChI is InChI=1S/C31H34N4O2S/c36-29(23-11-13-25(14-12-23)32-19-20-9-10-21-5-1-4-8-24(21)17-20)33-26-15-16-27-28(18-26)38-31(34-27)35-30(37)22-6-2-3-7-22/h1,4-5,8-10,15-18,22-23,25,32H,2-3,6-7,11-14,19H2,(H,33,36)(H,34,35,37). The first-order valence-corrected chi connectivity index (χ1v) is 14.7. The van der Waals surface area contributed by atoms with Crippen LogP contribution in [0, 0.1) is 11.8 Å². The highest BCUT2D eigenvalue weighted by molar-refractivity contribution is 7.22. The Morgan fingerprint density at radius 2 is 1.53 bits per heavy atom. The van der Waals surface area contributed by atoms with Crippen molar-refractivity contribution in [3.63, 3.8) is 0 Å². The number of benzene rings is 3. The van der Waals surface area contributed by atoms with Gasteiger partial charge in [-0.25, -0.2) is 4.98 Å². The highest BCUT2D eigenvalue weighted by atomic mass is 32.1. The Hall–Kier alpha value is -3.29. The summed E-state index contributed by atoms with van der Waals surface area (Å²) >= 11 is 1.46. The zero-order valence-electron chi connectivity index (χ0n) is 21.5. The molecule has 4 aromatic rings. The van der Waals surface area contributed by atoms with E-state index in [9.17, 15) is 9.59 Å². The Labute approximate surface area is 227 Å². The van der Waals surface area contributed by atoms with Crippen molar-refractivity contribution >= 4 is 55.0 Å². The van der Waals surface area contributed by atoms with Gasteiger partial charge in [-0.2, -0.15) is 0 Å². The lowest BCUT2D eigenvalue weighted by Gasteiger charge is -2.28. The van der Waals surface area contributed by atoms with Crippen molar-refractivity contribution in [1.29, 1.82) is 0 Å². The molecule has 1 aromatic heterocycles. The quantitative estimate of drug-likeness (QED) is 0.246. The van der Waals surface area contributed by atoms with Gasteiger partial charge in [-0.3, -0.25) is 9.59 Å². The first kappa shape index (κ1) is 25.0. The van der Waals surface area contributed by atoms with E-state index in [2.05, 4.69) is 63.4 Å². The van der Waals surface area contributed by atoms with Crippen LogP contribution in [0.25, 0.3) is 21.0 Å². The molecule has 196 valence electrons. The summed E-state index contributed by atoms with van der Waals surface area (Å²) in [5, 5.41) is 13.0. The van der Waals surface area contributed by atoms with Crippen molar-refractivity contribution in [3.8, 4) is 0 Å². The number of aromatic nitrogens is 1. The Morgan fingerprint density at radius 3 is 2.34 bits per heavy atom. The number of rotatable bonds is 7. The SMILES string of the molecule is O=C(Nc1ccc2nc(NC(=O)C3CCCC3)sc2c1)C1CCC(NCc2ccc3ccccc3c2)CC1. The van der Waals surface area contributed by atoms with Crippen LogP contribution in [-0.4, -0.2) is 22.8 Å². The molecule has 38 heavy (non-hydrogen) atoms. The van der Waals surface area contributed by atoms with Crippen LogP contribution in [0.5, 0.6) is 0 Å². The van der Waals surface area contributed by atoms with E-state index in [0.717, 1.165) is 73.8 Å². The van der Waals surface area contributed by atoms with E-state index >= 15 is 0 Å². The third-order valence-electron chi connectivity index (χ3n) is 8.12. The molecule has 0 radical (unpaired) electrons. The molecule has 6 nitrogen and oxygen atoms in total. The summed E-state index contributed by atoms with van der Waals surface area (Å²) in [5.41, 5.74) is 2.92. The molecule has 1 heterocycles. The van der Waals surface area contributed by atoms with Gasteiger partial charge < -0.3 is 16.0 Å². The lowest BCUT2D eigenvalue weighted by atomic mass is 9.85. The second-order valence-corrected chi connectivity index (χ2v) is 11.8. The molecule has 2 aliphatic rings. The molecule has 0 bridgehead atoms. The number of carbonyl (C=O) groups is 2. The van der Waals surface area contributed by atoms with Gasteiger partial charge in [0.2, 0.25) is 11.8 Å². The molecule has 6 rings (SSSR count). The fraction of sp³-hybridized carbons (Fsp3) is 0.387. The first-order chi connectivity index (χ1) is 18.6. The lowest BCUT2D eigenvalue weighted by molar-refractivity contribution is -0.121. The van der Waals surface area contributed by atoms with Crippen molar-refractivity contribution in [1.82, 2.24) is 10.3 Å². The third kappa shape index (κ3) is 5.74. The predicted octanol–water partition coefficient (Wildman–Crippen LogP) is 6.87. The normalized spacial score (nSPS) is 20.1. The van der Waals surface area contributed by atoms with Crippen LogP contribution < -0.4 is 16.0 Å². The van der Waals surface area contributed by atoms with Gasteiger partial charge in [-0.15, -0.1) is 0 Å². The molecule has 0 saturated heterocycles. The monoisotopic (exact) mass is 526 g/mol. The van der Waals surface area contributed by atoms with Crippen LogP contribution in [0.3, 0.4) is 0 Å². The maximum atomic E-state index is 13.0. The molecule has 2 fully saturated rings. The Kier molecular flexibility index (Phi) is 7.38. The molecular weight excluding hydrogens is 492 g/mol. The topological polar surface area (TPSA) is 83.1 Å². The molecule has 3 aromatic carbocycles. The molecule has 7 heteroatoms. The number of hydrogen-bond donors (Lipinski definition) is 3. The maximum Gasteiger partial charge on any atom is 0.229 e. The van der Waals surface area contributed by atoms with E-state index in [0.29, 0.717) is 11.2 Å². The number of hydrogen-bond acceptors (Lipinski definition) is 5. The second-order valence-electron chi connectivity index (χ2n) is 10.8. The number of fused-ring (bicyclic) bond motifs is 2. The Bertz CT molecular complexity index is 1450. The zero-order valence-corrected chi connectivity index (χ0v) is 22.4. The van der Waals surface area contributed by atoms with Crippen LogP contribution in [0.4, 0.5) is 10.8 Å². The Morgan fingerprint density at radius 1 is 0.789 bits per heavy atom. The van der Waals surface area contributed by atoms with Crippen molar-refractivity contribution in [2.75, 3.05) is 10.6 Å². The van der Waals surface area contributed by atoms with Gasteiger partial charge >= 0.3 is 0 Å². The second kappa shape index (κ2) is 11.2. The summed E-state index contributed by atoms with van der Waals surface area (Å²) in [7, 11) is 0. The van der Waals surface area contributed by atoms with Gasteiger partial charge in [-0.05, 0) is 79.1 Å². The summed E-state index contributed by atoms with van der Waals surface area (Å²) in [6.45, 7) is 0.852. The van der Waals surface area contributed by atoms with Crippen molar-refractivity contribution in [3.05, 3.63) is 66.2 Å². The van der Waals surface area contributed by atoms with Crippen molar-refractivity contribution in [2.45, 2.75) is 64.0 Å². The largest absolute Gasteiger partial charge is 0.326 e. The molecule has 0 spiro atoms. The molecule has 2 aliphatic carbocycles. The molecule has 2 amide bonds. The zero-order chi connectivity index (χ0) is 25.9. The van der Waals surface area contributed by atoms with Crippen LogP contribution in [0.2, 0.25) is 0 Å².